The first-order valence-electron chi connectivity index (χ1n) is 44.0. The molecule has 6 aromatic carbocycles. The van der Waals surface area contributed by atoms with Crippen molar-refractivity contribution in [3.05, 3.63) is 203 Å². The summed E-state index contributed by atoms with van der Waals surface area (Å²) in [7, 11) is 6.78. The number of rotatable bonds is 25. The molecule has 2 heterocycles. The van der Waals surface area contributed by atoms with Gasteiger partial charge in [0, 0.05) is 103 Å². The second-order valence-electron chi connectivity index (χ2n) is 33.9. The lowest BCUT2D eigenvalue weighted by atomic mass is 9.98. The van der Waals surface area contributed by atoms with Crippen LogP contribution >= 0.6 is 11.8 Å². The molecule has 1 fully saturated rings. The number of benzene rings is 6. The topological polar surface area (TPSA) is 525 Å². The molecule has 132 heavy (non-hydrogen) atoms. The van der Waals surface area contributed by atoms with Crippen molar-refractivity contribution >= 4 is 117 Å². The van der Waals surface area contributed by atoms with Gasteiger partial charge in [0.15, 0.2) is 5.96 Å². The SMILES string of the molecule is CCCCC1C(=O)N(C)CC(=O)NC(CCCNC(=N)N)C(=O)NC(C(C)C)C(=O)N(C)C(Cc2ccccc2)C(=O)NC(Cc2ccc(O)cc2)C(=O)N(C)CC(=O)NC(Cc2c[nH]c3ccccc23)C(=O)NC(Cc2ccc(O)cc2)C(=O)NC(CC(C)C)C(=O)NC(C(=O)NCC(N)=O)CSCC(=O)NC(Cc2ccccc2)C(=O)N(C)C(Cc2ccccc2)C(=O)N1C. The third-order valence-corrected chi connectivity index (χ3v) is 23.7. The number of unbranched alkanes of at least 4 members (excludes halogenated alkanes) is 1. The zero-order chi connectivity index (χ0) is 96.4. The predicted octanol–water partition coefficient (Wildman–Crippen LogP) is 2.12. The monoisotopic (exact) mass is 1840 g/mol. The highest BCUT2D eigenvalue weighted by Gasteiger charge is 2.42. The van der Waals surface area contributed by atoms with Crippen LogP contribution in [0.4, 0.5) is 0 Å². The van der Waals surface area contributed by atoms with Gasteiger partial charge in [-0.05, 0) is 101 Å². The lowest BCUT2D eigenvalue weighted by molar-refractivity contribution is -0.151. The van der Waals surface area contributed by atoms with Gasteiger partial charge in [-0.3, -0.25) is 77.3 Å². The highest BCUT2D eigenvalue weighted by atomic mass is 32.2. The Bertz CT molecular complexity index is 5130. The van der Waals surface area contributed by atoms with Crippen LogP contribution in [0.3, 0.4) is 0 Å². The Kier molecular flexibility index (Phi) is 39.9. The average Bonchev–Trinajstić information content (AvgIpc) is 1.42. The Balaban J connectivity index is 1.22. The number of para-hydroxylation sites is 1. The summed E-state index contributed by atoms with van der Waals surface area (Å²) in [6.45, 7) is 6.59. The van der Waals surface area contributed by atoms with Crippen molar-refractivity contribution in [2.75, 3.05) is 72.9 Å². The highest BCUT2D eigenvalue weighted by Crippen LogP contribution is 2.25. The predicted molar refractivity (Wildman–Crippen MR) is 499 cm³/mol. The number of carbonyl (C=O) groups is 15. The fourth-order valence-electron chi connectivity index (χ4n) is 15.4. The molecule has 708 valence electrons. The van der Waals surface area contributed by atoms with Gasteiger partial charge in [0.25, 0.3) is 0 Å². The quantitative estimate of drug-likeness (QED) is 0.0221. The van der Waals surface area contributed by atoms with E-state index in [0.717, 1.165) is 26.5 Å². The number of H-pyrrole nitrogens is 1. The van der Waals surface area contributed by atoms with E-state index in [1.165, 1.54) is 93.6 Å². The Morgan fingerprint density at radius 3 is 1.45 bits per heavy atom. The number of guanidine groups is 1. The normalized spacial score (nSPS) is 21.7. The van der Waals surface area contributed by atoms with Crippen molar-refractivity contribution in [1.29, 1.82) is 5.41 Å². The molecule has 0 bridgehead atoms. The summed E-state index contributed by atoms with van der Waals surface area (Å²) >= 11 is 0.842. The van der Waals surface area contributed by atoms with E-state index in [4.69, 9.17) is 16.9 Å². The van der Waals surface area contributed by atoms with E-state index < -0.39 is 186 Å². The number of hydrogen-bond acceptors (Lipinski definition) is 19. The molecule has 0 saturated carbocycles. The summed E-state index contributed by atoms with van der Waals surface area (Å²) in [6.07, 6.45) is 1.39. The van der Waals surface area contributed by atoms with Crippen LogP contribution in [0.15, 0.2) is 170 Å². The van der Waals surface area contributed by atoms with Crippen molar-refractivity contribution in [3.63, 3.8) is 0 Å². The Morgan fingerprint density at radius 2 is 0.909 bits per heavy atom. The van der Waals surface area contributed by atoms with Gasteiger partial charge in [0.1, 0.15) is 78.0 Å². The number of fused-ring (bicyclic) bond motifs is 1. The number of phenolic OH excluding ortho intramolecular Hbond substituents is 2. The van der Waals surface area contributed by atoms with Gasteiger partial charge in [-0.1, -0.05) is 181 Å². The molecule has 8 rings (SSSR count). The first kappa shape index (κ1) is 104. The summed E-state index contributed by atoms with van der Waals surface area (Å²) in [6, 6.07) is 28.6. The Labute approximate surface area is 772 Å². The summed E-state index contributed by atoms with van der Waals surface area (Å²) in [5, 5.41) is 56.6. The minimum absolute atomic E-state index is 0.0532. The van der Waals surface area contributed by atoms with E-state index in [1.54, 1.807) is 149 Å². The molecule has 15 amide bonds. The molecule has 7 aromatic rings. The second-order valence-corrected chi connectivity index (χ2v) is 35.0. The second kappa shape index (κ2) is 50.9. The van der Waals surface area contributed by atoms with Gasteiger partial charge in [-0.25, -0.2) is 0 Å². The molecule has 1 aromatic heterocycles. The molecule has 11 unspecified atom stereocenters. The molecule has 0 aliphatic carbocycles. The van der Waals surface area contributed by atoms with Crippen LogP contribution in [-0.4, -0.2) is 274 Å². The lowest BCUT2D eigenvalue weighted by Crippen LogP contribution is -2.61. The number of nitrogens with two attached hydrogens (primary N) is 2. The molecule has 36 nitrogen and oxygen atoms in total. The van der Waals surface area contributed by atoms with Gasteiger partial charge in [0.05, 0.1) is 25.4 Å². The summed E-state index contributed by atoms with van der Waals surface area (Å²) in [5.74, 6) is -15.2. The maximum Gasteiger partial charge on any atom is 0.246 e. The number of nitrogens with one attached hydrogen (secondary N) is 12. The van der Waals surface area contributed by atoms with Crippen molar-refractivity contribution < 1.29 is 82.1 Å². The lowest BCUT2D eigenvalue weighted by Gasteiger charge is -2.37. The van der Waals surface area contributed by atoms with Gasteiger partial charge >= 0.3 is 0 Å². The van der Waals surface area contributed by atoms with Crippen LogP contribution < -0.4 is 64.6 Å². The van der Waals surface area contributed by atoms with E-state index in [2.05, 4.69) is 58.2 Å². The van der Waals surface area contributed by atoms with Gasteiger partial charge < -0.3 is 104 Å². The molecule has 18 N–H and O–H groups in total. The number of phenols is 2. The fourth-order valence-corrected chi connectivity index (χ4v) is 16.2. The number of nitrogens with zero attached hydrogens (tertiary/aromatic N) is 5. The fraction of sp³-hybridized carbons (Fsp3) is 0.432. The van der Waals surface area contributed by atoms with E-state index >= 15 is 43.2 Å². The van der Waals surface area contributed by atoms with Crippen LogP contribution in [0, 0.1) is 17.2 Å². The number of carbonyl (C=O) groups excluding carboxylic acids is 15. The maximum absolute atomic E-state index is 15.6. The largest absolute Gasteiger partial charge is 0.508 e. The van der Waals surface area contributed by atoms with Gasteiger partial charge in [0.2, 0.25) is 88.6 Å². The number of primary amides is 1. The number of hydrogen-bond donors (Lipinski definition) is 16. The van der Waals surface area contributed by atoms with Crippen LogP contribution in [-0.2, 0) is 110 Å². The minimum atomic E-state index is -1.59. The van der Waals surface area contributed by atoms with Crippen molar-refractivity contribution in [3.8, 4) is 11.5 Å². The molecule has 0 radical (unpaired) electrons. The Morgan fingerprint density at radius 1 is 0.455 bits per heavy atom. The molecular weight excluding hydrogens is 1710 g/mol. The minimum Gasteiger partial charge on any atom is -0.508 e. The number of likely N-dealkylation sites (N-methyl/N-ethyl adjacent to an activating group) is 5. The third kappa shape index (κ3) is 31.8. The molecule has 1 saturated heterocycles. The van der Waals surface area contributed by atoms with E-state index in [0.29, 0.717) is 57.1 Å². The first-order chi connectivity index (χ1) is 62.9. The van der Waals surface area contributed by atoms with E-state index in [-0.39, 0.29) is 99.9 Å². The van der Waals surface area contributed by atoms with E-state index in [9.17, 15) is 39.0 Å². The summed E-state index contributed by atoms with van der Waals surface area (Å²) < 4.78 is 0. The average molecular weight is 1840 g/mol. The maximum atomic E-state index is 15.6. The summed E-state index contributed by atoms with van der Waals surface area (Å²) in [5.41, 5.74) is 14.9. The van der Waals surface area contributed by atoms with Crippen LogP contribution in [0.2, 0.25) is 0 Å². The number of aromatic hydroxyl groups is 2. The smallest absolute Gasteiger partial charge is 0.246 e. The Hall–Kier alpha value is -13.9. The molecule has 37 heteroatoms. The molecular formula is C95H125N19O17S. The number of aromatic amines is 1. The molecule has 1 aliphatic heterocycles. The van der Waals surface area contributed by atoms with Crippen LogP contribution in [0.25, 0.3) is 10.9 Å². The van der Waals surface area contributed by atoms with Gasteiger partial charge in [-0.2, -0.15) is 0 Å². The number of amides is 15. The zero-order valence-corrected chi connectivity index (χ0v) is 77.0. The van der Waals surface area contributed by atoms with Crippen molar-refractivity contribution in [1.82, 2.24) is 82.7 Å². The molecule has 0 spiro atoms. The molecule has 11 atom stereocenters. The van der Waals surface area contributed by atoms with Crippen LogP contribution in [0.1, 0.15) is 107 Å². The molecule has 1 aliphatic rings. The van der Waals surface area contributed by atoms with E-state index in [1.807, 2.05) is 6.92 Å². The highest BCUT2D eigenvalue weighted by molar-refractivity contribution is 8.00. The van der Waals surface area contributed by atoms with Crippen LogP contribution in [0.5, 0.6) is 11.5 Å². The number of aromatic nitrogens is 1. The van der Waals surface area contributed by atoms with Crippen molar-refractivity contribution in [2.45, 2.75) is 178 Å². The van der Waals surface area contributed by atoms with Gasteiger partial charge in [-0.15, -0.1) is 11.8 Å². The van der Waals surface area contributed by atoms with Crippen molar-refractivity contribution in [2.24, 2.45) is 23.3 Å². The number of thioether (sulfide) groups is 1. The third-order valence-electron chi connectivity index (χ3n) is 22.7. The summed E-state index contributed by atoms with van der Waals surface area (Å²) in [4.78, 5) is 233. The first-order valence-corrected chi connectivity index (χ1v) is 45.2. The zero-order valence-electron chi connectivity index (χ0n) is 76.2. The standard InChI is InChI=1S/C95H125N19O17S/c1-11-12-34-76-92(129)111(7)54-80(118)102-69(33-24-43-99-95(97)98)85(122)109-83(58(4)5)94(131)113(9)77(48-60-27-18-14-19-28-60)89(126)107-73(47-63-37-41-66(116)42-38-63)90(127)110(6)53-81(119)103-72(50-64-51-100-68-32-23-22-31-67(64)68)88(125)106-71(45-62-35-39-65(115)40-36-62)87(124)105-70(44-57(2)3)86(123)108-75(84(121)101-52-79(96)117)55-132-56-82(120)104-74(46-59-25-16-13-17-26-59)91(128)114(10)78(93(130)112(76)8)49-61-29-20-15-21-30-61/h13-23,25-32,35-42,51,57-58,69-78,83,100,115-116H,11-12,24,33-34,43-50,52-56H2,1-10H3,(H2,96,117)(H,101,121)(H,102,118)(H,103,119)(H,104,120)(H,105,124)(H,106,125)(H,107,126)(H,108,123)(H,109,122)(H4,97,98,99).